The summed E-state index contributed by atoms with van der Waals surface area (Å²) in [5.74, 6) is 0. The number of rotatable bonds is 1. The van der Waals surface area contributed by atoms with Gasteiger partial charge in [-0.25, -0.2) is 4.98 Å². The Morgan fingerprint density at radius 2 is 1.94 bits per heavy atom. The summed E-state index contributed by atoms with van der Waals surface area (Å²) < 4.78 is 0. The number of hydrogen-bond donors (Lipinski definition) is 0. The minimum atomic E-state index is 0.427. The highest BCUT2D eigenvalue weighted by atomic mass is 14.7. The quantitative estimate of drug-likeness (QED) is 0.725. The highest BCUT2D eigenvalue weighted by molar-refractivity contribution is 5.65. The van der Waals surface area contributed by atoms with Crippen LogP contribution in [-0.2, 0) is 0 Å². The molecule has 2 aromatic rings. The summed E-state index contributed by atoms with van der Waals surface area (Å²) in [6.45, 7) is 3.85. The summed E-state index contributed by atoms with van der Waals surface area (Å²) in [5.41, 5.74) is 3.94. The topological polar surface area (TPSA) is 49.6 Å². The first-order chi connectivity index (χ1) is 7.70. The van der Waals surface area contributed by atoms with E-state index in [1.807, 2.05) is 38.1 Å². The fourth-order valence-electron chi connectivity index (χ4n) is 1.48. The molecule has 2 heterocycles. The number of nitriles is 1. The first-order valence-electron chi connectivity index (χ1n) is 5.01. The lowest BCUT2D eigenvalue weighted by atomic mass is 10.1. The van der Waals surface area contributed by atoms with Crippen LogP contribution in [-0.4, -0.2) is 9.97 Å². The van der Waals surface area contributed by atoms with Crippen LogP contribution in [0.1, 0.15) is 17.0 Å². The van der Waals surface area contributed by atoms with E-state index < -0.39 is 0 Å². The van der Waals surface area contributed by atoms with Crippen LogP contribution in [0.4, 0.5) is 0 Å². The van der Waals surface area contributed by atoms with Crippen LogP contribution in [0.2, 0.25) is 0 Å². The zero-order valence-corrected chi connectivity index (χ0v) is 9.23. The standard InChI is InChI=1S/C13H11N3/c1-9-3-6-12(15-8-9)11-5-4-10(2)16-13(11)7-14/h3-6,8H,1-2H3. The molecule has 0 aliphatic heterocycles. The zero-order chi connectivity index (χ0) is 11.5. The first-order valence-corrected chi connectivity index (χ1v) is 5.01. The molecule has 0 saturated carbocycles. The summed E-state index contributed by atoms with van der Waals surface area (Å²) >= 11 is 0. The normalized spacial score (nSPS) is 9.81. The molecule has 0 fully saturated rings. The van der Waals surface area contributed by atoms with Gasteiger partial charge in [0.1, 0.15) is 11.8 Å². The number of nitrogens with zero attached hydrogens (tertiary/aromatic N) is 3. The van der Waals surface area contributed by atoms with Crippen LogP contribution in [0.5, 0.6) is 0 Å². The Labute approximate surface area is 94.4 Å². The van der Waals surface area contributed by atoms with Crippen molar-refractivity contribution in [1.82, 2.24) is 9.97 Å². The molecule has 0 atom stereocenters. The van der Waals surface area contributed by atoms with Gasteiger partial charge in [0.05, 0.1) is 5.69 Å². The highest BCUT2D eigenvalue weighted by Crippen LogP contribution is 2.20. The summed E-state index contributed by atoms with van der Waals surface area (Å²) in [7, 11) is 0. The Balaban J connectivity index is 2.56. The summed E-state index contributed by atoms with van der Waals surface area (Å²) in [4.78, 5) is 8.49. The maximum atomic E-state index is 9.02. The van der Waals surface area contributed by atoms with Crippen molar-refractivity contribution >= 4 is 0 Å². The van der Waals surface area contributed by atoms with Gasteiger partial charge in [0.15, 0.2) is 0 Å². The number of pyridine rings is 2. The van der Waals surface area contributed by atoms with E-state index in [2.05, 4.69) is 16.0 Å². The van der Waals surface area contributed by atoms with E-state index in [1.165, 1.54) is 0 Å². The van der Waals surface area contributed by atoms with Gasteiger partial charge in [0.25, 0.3) is 0 Å². The lowest BCUT2D eigenvalue weighted by molar-refractivity contribution is 1.16. The van der Waals surface area contributed by atoms with Crippen molar-refractivity contribution in [3.8, 4) is 17.3 Å². The molecule has 2 aromatic heterocycles. The second-order valence-corrected chi connectivity index (χ2v) is 3.68. The van der Waals surface area contributed by atoms with E-state index in [0.29, 0.717) is 5.69 Å². The fourth-order valence-corrected chi connectivity index (χ4v) is 1.48. The van der Waals surface area contributed by atoms with Crippen LogP contribution < -0.4 is 0 Å². The third kappa shape index (κ3) is 1.91. The minimum absolute atomic E-state index is 0.427. The number of aromatic nitrogens is 2. The molecule has 16 heavy (non-hydrogen) atoms. The maximum absolute atomic E-state index is 9.02. The summed E-state index contributed by atoms with van der Waals surface area (Å²) in [6.07, 6.45) is 1.79. The van der Waals surface area contributed by atoms with Gasteiger partial charge in [0.2, 0.25) is 0 Å². The second-order valence-electron chi connectivity index (χ2n) is 3.68. The van der Waals surface area contributed by atoms with Crippen molar-refractivity contribution in [1.29, 1.82) is 5.26 Å². The smallest absolute Gasteiger partial charge is 0.150 e. The van der Waals surface area contributed by atoms with E-state index in [0.717, 1.165) is 22.5 Å². The molecule has 3 heteroatoms. The maximum Gasteiger partial charge on any atom is 0.150 e. The van der Waals surface area contributed by atoms with Crippen molar-refractivity contribution in [2.24, 2.45) is 0 Å². The Morgan fingerprint density at radius 3 is 2.56 bits per heavy atom. The van der Waals surface area contributed by atoms with E-state index in [-0.39, 0.29) is 0 Å². The fraction of sp³-hybridized carbons (Fsp3) is 0.154. The van der Waals surface area contributed by atoms with Crippen LogP contribution in [0.3, 0.4) is 0 Å². The third-order valence-corrected chi connectivity index (χ3v) is 2.33. The van der Waals surface area contributed by atoms with Crippen molar-refractivity contribution in [3.63, 3.8) is 0 Å². The largest absolute Gasteiger partial charge is 0.256 e. The molecule has 0 aromatic carbocycles. The predicted octanol–water partition coefficient (Wildman–Crippen LogP) is 2.63. The van der Waals surface area contributed by atoms with E-state index >= 15 is 0 Å². The molecular formula is C13H11N3. The lowest BCUT2D eigenvalue weighted by Crippen LogP contribution is -1.93. The van der Waals surface area contributed by atoms with Gasteiger partial charge in [-0.3, -0.25) is 4.98 Å². The van der Waals surface area contributed by atoms with E-state index in [4.69, 9.17) is 5.26 Å². The van der Waals surface area contributed by atoms with Crippen LogP contribution in [0.25, 0.3) is 11.3 Å². The molecule has 3 nitrogen and oxygen atoms in total. The van der Waals surface area contributed by atoms with Crippen LogP contribution in [0, 0.1) is 25.2 Å². The van der Waals surface area contributed by atoms with Gasteiger partial charge in [0, 0.05) is 17.5 Å². The van der Waals surface area contributed by atoms with Gasteiger partial charge in [-0.2, -0.15) is 5.26 Å². The highest BCUT2D eigenvalue weighted by Gasteiger charge is 2.07. The first kappa shape index (κ1) is 10.3. The molecule has 2 rings (SSSR count). The molecular weight excluding hydrogens is 198 g/mol. The number of aryl methyl sites for hydroxylation is 2. The average Bonchev–Trinajstić information content (AvgIpc) is 2.30. The van der Waals surface area contributed by atoms with Gasteiger partial charge < -0.3 is 0 Å². The van der Waals surface area contributed by atoms with Gasteiger partial charge in [-0.1, -0.05) is 6.07 Å². The van der Waals surface area contributed by atoms with Gasteiger partial charge in [-0.05, 0) is 37.6 Å². The summed E-state index contributed by atoms with van der Waals surface area (Å²) in [5, 5.41) is 9.02. The minimum Gasteiger partial charge on any atom is -0.256 e. The van der Waals surface area contributed by atoms with Crippen molar-refractivity contribution in [3.05, 3.63) is 47.4 Å². The number of hydrogen-bond acceptors (Lipinski definition) is 3. The molecule has 78 valence electrons. The van der Waals surface area contributed by atoms with Crippen molar-refractivity contribution in [2.75, 3.05) is 0 Å². The molecule has 0 amide bonds. The Bertz CT molecular complexity index is 550. The predicted molar refractivity (Wildman–Crippen MR) is 61.7 cm³/mol. The van der Waals surface area contributed by atoms with Crippen LogP contribution in [0.15, 0.2) is 30.5 Å². The van der Waals surface area contributed by atoms with E-state index in [9.17, 15) is 0 Å². The van der Waals surface area contributed by atoms with Crippen molar-refractivity contribution < 1.29 is 0 Å². The lowest BCUT2D eigenvalue weighted by Gasteiger charge is -2.03. The average molecular weight is 209 g/mol. The SMILES string of the molecule is Cc1ccc(-c2ccc(C)nc2C#N)nc1. The zero-order valence-electron chi connectivity index (χ0n) is 9.23. The Kier molecular flexibility index (Phi) is 2.65. The molecule has 0 bridgehead atoms. The monoisotopic (exact) mass is 209 g/mol. The van der Waals surface area contributed by atoms with Gasteiger partial charge in [-0.15, -0.1) is 0 Å². The molecule has 0 unspecified atom stereocenters. The molecule has 0 spiro atoms. The molecule has 0 aliphatic carbocycles. The van der Waals surface area contributed by atoms with Crippen molar-refractivity contribution in [2.45, 2.75) is 13.8 Å². The molecule has 0 saturated heterocycles. The van der Waals surface area contributed by atoms with Gasteiger partial charge >= 0.3 is 0 Å². The molecule has 0 aliphatic rings. The third-order valence-electron chi connectivity index (χ3n) is 2.33. The molecule has 0 N–H and O–H groups in total. The molecule has 0 radical (unpaired) electrons. The summed E-state index contributed by atoms with van der Waals surface area (Å²) in [6, 6.07) is 9.75. The second kappa shape index (κ2) is 4.11. The van der Waals surface area contributed by atoms with Crippen LogP contribution >= 0.6 is 0 Å². The van der Waals surface area contributed by atoms with E-state index in [1.54, 1.807) is 6.20 Å². The Hall–Kier alpha value is -2.21. The Morgan fingerprint density at radius 1 is 1.12 bits per heavy atom.